The normalized spacial score (nSPS) is 14.0. The minimum absolute atomic E-state index is 0. The Morgan fingerprint density at radius 3 is 2.00 bits per heavy atom. The van der Waals surface area contributed by atoms with Gasteiger partial charge in [0.25, 0.3) is 0 Å². The zero-order chi connectivity index (χ0) is 13.4. The van der Waals surface area contributed by atoms with Crippen molar-refractivity contribution in [1.29, 1.82) is 0 Å². The summed E-state index contributed by atoms with van der Waals surface area (Å²) in [5, 5.41) is 0. The highest BCUT2D eigenvalue weighted by atomic mass is 79.9. The van der Waals surface area contributed by atoms with Crippen molar-refractivity contribution < 1.29 is 22.0 Å². The van der Waals surface area contributed by atoms with Crippen LogP contribution in [0.1, 0.15) is 11.6 Å². The van der Waals surface area contributed by atoms with E-state index in [2.05, 4.69) is 31.9 Å². The molecule has 0 amide bonds. The number of halogens is 8. The maximum Gasteiger partial charge on any atom is 0.455 e. The van der Waals surface area contributed by atoms with Gasteiger partial charge in [0, 0.05) is 8.95 Å². The minimum atomic E-state index is -5.69. The van der Waals surface area contributed by atoms with Crippen LogP contribution in [0.25, 0.3) is 0 Å². The van der Waals surface area contributed by atoms with Gasteiger partial charge in [0.2, 0.25) is 0 Å². The van der Waals surface area contributed by atoms with E-state index in [-0.39, 0.29) is 22.4 Å². The predicted molar refractivity (Wildman–Crippen MR) is 67.0 cm³/mol. The van der Waals surface area contributed by atoms with Crippen LogP contribution in [-0.2, 0) is 0 Å². The second kappa shape index (κ2) is 6.02. The first-order valence-corrected chi connectivity index (χ1v) is 5.81. The first kappa shape index (κ1) is 18.1. The van der Waals surface area contributed by atoms with E-state index in [0.717, 1.165) is 6.07 Å². The molecule has 2 N–H and O–H groups in total. The molecule has 0 unspecified atom stereocenters. The summed E-state index contributed by atoms with van der Waals surface area (Å²) in [4.78, 5) is 0. The summed E-state index contributed by atoms with van der Waals surface area (Å²) < 4.78 is 63.0. The molecule has 0 aromatic heterocycles. The van der Waals surface area contributed by atoms with Gasteiger partial charge in [-0.25, -0.2) is 0 Å². The Bertz CT molecular complexity index is 424. The van der Waals surface area contributed by atoms with E-state index in [4.69, 9.17) is 5.73 Å². The highest BCUT2D eigenvalue weighted by Crippen LogP contribution is 2.45. The van der Waals surface area contributed by atoms with Crippen LogP contribution in [0.15, 0.2) is 27.1 Å². The second-order valence-electron chi connectivity index (χ2n) is 3.26. The van der Waals surface area contributed by atoms with Crippen molar-refractivity contribution in [2.45, 2.75) is 18.1 Å². The SMILES string of the molecule is Cl.N[C@@H](c1cc(Br)ccc1Br)C(F)(F)C(F)(F)F. The number of hydrogen-bond donors (Lipinski definition) is 1. The molecule has 0 aliphatic rings. The van der Waals surface area contributed by atoms with Crippen molar-refractivity contribution in [2.75, 3.05) is 0 Å². The molecule has 0 aliphatic heterocycles. The van der Waals surface area contributed by atoms with Crippen LogP contribution in [0.5, 0.6) is 0 Å². The van der Waals surface area contributed by atoms with Gasteiger partial charge in [-0.3, -0.25) is 0 Å². The van der Waals surface area contributed by atoms with E-state index in [1.54, 1.807) is 0 Å². The Kier molecular flexibility index (Phi) is 6.05. The van der Waals surface area contributed by atoms with E-state index in [1.807, 2.05) is 0 Å². The van der Waals surface area contributed by atoms with Crippen LogP contribution in [0.2, 0.25) is 0 Å². The highest BCUT2D eigenvalue weighted by molar-refractivity contribution is 9.11. The molecule has 0 radical (unpaired) electrons. The smallest absolute Gasteiger partial charge is 0.319 e. The fourth-order valence-electron chi connectivity index (χ4n) is 1.12. The molecule has 104 valence electrons. The molecule has 0 spiro atoms. The molecular formula is C9H7Br2ClF5N. The maximum atomic E-state index is 13.0. The third-order valence-corrected chi connectivity index (χ3v) is 3.28. The van der Waals surface area contributed by atoms with Crippen molar-refractivity contribution in [3.8, 4) is 0 Å². The van der Waals surface area contributed by atoms with Crippen molar-refractivity contribution in [3.63, 3.8) is 0 Å². The fourth-order valence-corrected chi connectivity index (χ4v) is 2.00. The van der Waals surface area contributed by atoms with Gasteiger partial charge in [0.15, 0.2) is 0 Å². The van der Waals surface area contributed by atoms with Gasteiger partial charge in [-0.05, 0) is 23.8 Å². The van der Waals surface area contributed by atoms with Gasteiger partial charge in [-0.15, -0.1) is 12.4 Å². The Morgan fingerprint density at radius 2 is 1.56 bits per heavy atom. The van der Waals surface area contributed by atoms with Gasteiger partial charge in [-0.1, -0.05) is 31.9 Å². The Hall–Kier alpha value is 0.0800. The first-order valence-electron chi connectivity index (χ1n) is 4.22. The van der Waals surface area contributed by atoms with Crippen LogP contribution in [0.4, 0.5) is 22.0 Å². The zero-order valence-electron chi connectivity index (χ0n) is 8.44. The maximum absolute atomic E-state index is 13.0. The third kappa shape index (κ3) is 3.55. The lowest BCUT2D eigenvalue weighted by Crippen LogP contribution is -2.46. The average molecular weight is 419 g/mol. The van der Waals surface area contributed by atoms with Gasteiger partial charge >= 0.3 is 12.1 Å². The molecular weight excluding hydrogens is 412 g/mol. The van der Waals surface area contributed by atoms with Crippen molar-refractivity contribution in [2.24, 2.45) is 5.73 Å². The molecule has 0 bridgehead atoms. The van der Waals surface area contributed by atoms with Crippen LogP contribution >= 0.6 is 44.3 Å². The summed E-state index contributed by atoms with van der Waals surface area (Å²) in [6.07, 6.45) is -5.69. The van der Waals surface area contributed by atoms with E-state index < -0.39 is 18.1 Å². The Balaban J connectivity index is 0.00000289. The first-order chi connectivity index (χ1) is 7.57. The van der Waals surface area contributed by atoms with E-state index in [9.17, 15) is 22.0 Å². The van der Waals surface area contributed by atoms with E-state index >= 15 is 0 Å². The van der Waals surface area contributed by atoms with Gasteiger partial charge < -0.3 is 5.73 Å². The largest absolute Gasteiger partial charge is 0.455 e. The molecule has 0 saturated heterocycles. The molecule has 18 heavy (non-hydrogen) atoms. The van der Waals surface area contributed by atoms with Crippen LogP contribution in [0, 0.1) is 0 Å². The summed E-state index contributed by atoms with van der Waals surface area (Å²) in [7, 11) is 0. The summed E-state index contributed by atoms with van der Waals surface area (Å²) in [5.41, 5.74) is 4.69. The second-order valence-corrected chi connectivity index (χ2v) is 5.03. The highest BCUT2D eigenvalue weighted by Gasteiger charge is 2.61. The lowest BCUT2D eigenvalue weighted by Gasteiger charge is -2.26. The van der Waals surface area contributed by atoms with Crippen LogP contribution < -0.4 is 5.73 Å². The average Bonchev–Trinajstić information content (AvgIpc) is 2.19. The lowest BCUT2D eigenvalue weighted by molar-refractivity contribution is -0.291. The summed E-state index contributed by atoms with van der Waals surface area (Å²) in [6.45, 7) is 0. The molecule has 1 aromatic carbocycles. The van der Waals surface area contributed by atoms with Gasteiger partial charge in [-0.2, -0.15) is 22.0 Å². The van der Waals surface area contributed by atoms with Gasteiger partial charge in [0.05, 0.1) is 0 Å². The topological polar surface area (TPSA) is 26.0 Å². The van der Waals surface area contributed by atoms with Crippen molar-refractivity contribution in [1.82, 2.24) is 0 Å². The summed E-state index contributed by atoms with van der Waals surface area (Å²) >= 11 is 5.87. The standard InChI is InChI=1S/C9H6Br2F5N.ClH/c10-4-1-2-6(11)5(3-4)7(17)8(12,13)9(14,15)16;/h1-3,7H,17H2;1H/t7-;/m0./s1. The molecule has 1 nitrogen and oxygen atoms in total. The molecule has 0 fully saturated rings. The number of rotatable bonds is 2. The molecule has 0 aliphatic carbocycles. The molecule has 1 aromatic rings. The van der Waals surface area contributed by atoms with E-state index in [0.29, 0.717) is 4.47 Å². The van der Waals surface area contributed by atoms with E-state index in [1.165, 1.54) is 12.1 Å². The molecule has 1 atom stereocenters. The molecule has 1 rings (SSSR count). The van der Waals surface area contributed by atoms with Crippen LogP contribution in [0.3, 0.4) is 0 Å². The predicted octanol–water partition coefficient (Wildman–Crippen LogP) is 4.83. The monoisotopic (exact) mass is 417 g/mol. The molecule has 0 heterocycles. The molecule has 0 saturated carbocycles. The van der Waals surface area contributed by atoms with Crippen LogP contribution in [-0.4, -0.2) is 12.1 Å². The summed E-state index contributed by atoms with van der Waals surface area (Å²) in [6, 6.07) is 1.49. The third-order valence-electron chi connectivity index (χ3n) is 2.06. The number of nitrogens with two attached hydrogens (primary N) is 1. The zero-order valence-corrected chi connectivity index (χ0v) is 12.4. The Labute approximate surface area is 123 Å². The molecule has 9 heteroatoms. The Morgan fingerprint density at radius 1 is 1.06 bits per heavy atom. The number of benzene rings is 1. The minimum Gasteiger partial charge on any atom is -0.319 e. The fraction of sp³-hybridized carbons (Fsp3) is 0.333. The number of alkyl halides is 5. The van der Waals surface area contributed by atoms with Crippen molar-refractivity contribution in [3.05, 3.63) is 32.7 Å². The quantitative estimate of drug-likeness (QED) is 0.683. The van der Waals surface area contributed by atoms with Gasteiger partial charge in [0.1, 0.15) is 6.04 Å². The lowest BCUT2D eigenvalue weighted by atomic mass is 10.0. The van der Waals surface area contributed by atoms with Crippen molar-refractivity contribution >= 4 is 44.3 Å². The summed E-state index contributed by atoms with van der Waals surface area (Å²) in [5.74, 6) is -4.99. The number of hydrogen-bond acceptors (Lipinski definition) is 1.